The molecule has 0 aliphatic heterocycles. The van der Waals surface area contributed by atoms with Crippen molar-refractivity contribution in [2.24, 2.45) is 0 Å². The second kappa shape index (κ2) is 52.5. The van der Waals surface area contributed by atoms with E-state index >= 15 is 0 Å². The summed E-state index contributed by atoms with van der Waals surface area (Å²) in [4.78, 5) is 0. The number of hydrogen-bond acceptors (Lipinski definition) is 0. The first kappa shape index (κ1) is 71.8. The summed E-state index contributed by atoms with van der Waals surface area (Å²) in [5.41, 5.74) is 0. The van der Waals surface area contributed by atoms with Crippen molar-refractivity contribution in [2.45, 2.75) is 0 Å². The maximum absolute atomic E-state index is 0. The van der Waals surface area contributed by atoms with E-state index in [-0.39, 0.29) is 146 Å². The Morgan fingerprint density at radius 2 is 0.429 bits per heavy atom. The van der Waals surface area contributed by atoms with Gasteiger partial charge in [-0.3, -0.25) is 0 Å². The molecule has 0 heterocycles. The molecule has 7 heavy (non-hydrogen) atoms. The van der Waals surface area contributed by atoms with Crippen molar-refractivity contribution in [3.05, 3.63) is 0 Å². The molecule has 40 valence electrons. The maximum atomic E-state index is 0. The predicted octanol–water partition coefficient (Wildman–Crippen LogP) is -4.06. The standard InChI is InChI=1S/2K.4H2O.W/h;;4*1H2;. The van der Waals surface area contributed by atoms with E-state index in [1.54, 1.807) is 0 Å². The van der Waals surface area contributed by atoms with E-state index in [4.69, 9.17) is 0 Å². The number of hydrogen-bond donors (Lipinski definition) is 0. The summed E-state index contributed by atoms with van der Waals surface area (Å²) in [6.45, 7) is 0. The molecule has 0 fully saturated rings. The summed E-state index contributed by atoms with van der Waals surface area (Å²) in [7, 11) is 0. The van der Waals surface area contributed by atoms with Crippen LogP contribution in [0, 0.1) is 0 Å². The van der Waals surface area contributed by atoms with Crippen LogP contribution < -0.4 is 0 Å². The van der Waals surface area contributed by atoms with Crippen molar-refractivity contribution < 1.29 is 43.0 Å². The van der Waals surface area contributed by atoms with Gasteiger partial charge in [-0.1, -0.05) is 0 Å². The summed E-state index contributed by atoms with van der Waals surface area (Å²) in [5.74, 6) is 0. The molecule has 0 rings (SSSR count). The Kier molecular flexibility index (Phi) is 539. The molecule has 0 aromatic rings. The molecule has 0 aliphatic carbocycles. The molecule has 4 nitrogen and oxygen atoms in total. The molecular formula is H8K2O4W. The van der Waals surface area contributed by atoms with Crippen molar-refractivity contribution in [1.82, 2.24) is 0 Å². The Hall–Kier alpha value is 3.80. The van der Waals surface area contributed by atoms with Crippen LogP contribution in [0.5, 0.6) is 0 Å². The fraction of sp³-hybridized carbons (Fsp3) is 0. The third kappa shape index (κ3) is 41.3. The fourth-order valence-electron chi connectivity index (χ4n) is 0. The Labute approximate surface area is 142 Å². The van der Waals surface area contributed by atoms with Crippen LogP contribution in [0.3, 0.4) is 0 Å². The molecule has 0 saturated heterocycles. The van der Waals surface area contributed by atoms with Crippen LogP contribution in [0.2, 0.25) is 0 Å². The van der Waals surface area contributed by atoms with E-state index in [0.717, 1.165) is 0 Å². The van der Waals surface area contributed by atoms with Crippen LogP contribution in [0.15, 0.2) is 0 Å². The molecule has 0 amide bonds. The minimum Gasteiger partial charge on any atom is -0.412 e. The zero-order valence-electron chi connectivity index (χ0n) is 4.41. The summed E-state index contributed by atoms with van der Waals surface area (Å²) in [6.07, 6.45) is 0. The zero-order valence-corrected chi connectivity index (χ0v) is 13.6. The molecule has 0 bridgehead atoms. The zero-order chi connectivity index (χ0) is 0. The van der Waals surface area contributed by atoms with Crippen LogP contribution in [0.1, 0.15) is 0 Å². The summed E-state index contributed by atoms with van der Waals surface area (Å²) in [5, 5.41) is 0. The van der Waals surface area contributed by atoms with Gasteiger partial charge in [0.1, 0.15) is 0 Å². The Morgan fingerprint density at radius 3 is 0.429 bits per heavy atom. The first-order valence-electron chi connectivity index (χ1n) is 0. The fourth-order valence-corrected chi connectivity index (χ4v) is 0. The summed E-state index contributed by atoms with van der Waals surface area (Å²) < 4.78 is 0. The first-order chi connectivity index (χ1) is 0. The minimum atomic E-state index is 0. The first-order valence-corrected chi connectivity index (χ1v) is 0. The molecule has 2 radical (unpaired) electrons. The topological polar surface area (TPSA) is 126 Å². The Balaban J connectivity index is 0. The normalized spacial score (nSPS) is 0. The van der Waals surface area contributed by atoms with E-state index in [9.17, 15) is 0 Å². The van der Waals surface area contributed by atoms with Gasteiger partial charge in [-0.2, -0.15) is 0 Å². The van der Waals surface area contributed by atoms with Gasteiger partial charge in [0.25, 0.3) is 0 Å². The quantitative estimate of drug-likeness (QED) is 0.400. The van der Waals surface area contributed by atoms with Gasteiger partial charge in [-0.15, -0.1) is 0 Å². The molecule has 8 N–H and O–H groups in total. The van der Waals surface area contributed by atoms with Crippen molar-refractivity contribution >= 4 is 103 Å². The third-order valence-corrected chi connectivity index (χ3v) is 0. The van der Waals surface area contributed by atoms with Crippen molar-refractivity contribution in [3.63, 3.8) is 0 Å². The van der Waals surface area contributed by atoms with Crippen LogP contribution in [0.25, 0.3) is 0 Å². The minimum absolute atomic E-state index is 0. The van der Waals surface area contributed by atoms with Gasteiger partial charge in [-0.05, 0) is 0 Å². The molecule has 0 aromatic carbocycles. The molecule has 7 heteroatoms. The van der Waals surface area contributed by atoms with Crippen LogP contribution in [0.4, 0.5) is 0 Å². The van der Waals surface area contributed by atoms with Gasteiger partial charge in [0.15, 0.2) is 0 Å². The van der Waals surface area contributed by atoms with Crippen LogP contribution in [-0.2, 0) is 21.1 Å². The van der Waals surface area contributed by atoms with E-state index in [0.29, 0.717) is 0 Å². The average Bonchev–Trinajstić information content (AvgIpc) is 0. The SMILES string of the molecule is O.O.O.O.[K].[K].[W]. The summed E-state index contributed by atoms with van der Waals surface area (Å²) >= 11 is 0. The molecular weight excluding hydrogens is 326 g/mol. The molecule has 0 spiro atoms. The van der Waals surface area contributed by atoms with Gasteiger partial charge >= 0.3 is 0 Å². The van der Waals surface area contributed by atoms with Crippen molar-refractivity contribution in [2.75, 3.05) is 0 Å². The molecule has 0 aromatic heterocycles. The predicted molar refractivity (Wildman–Crippen MR) is 26.0 cm³/mol. The van der Waals surface area contributed by atoms with E-state index in [1.807, 2.05) is 0 Å². The molecule has 0 unspecified atom stereocenters. The molecule has 0 aliphatic rings. The van der Waals surface area contributed by atoms with Gasteiger partial charge in [0.2, 0.25) is 0 Å². The largest absolute Gasteiger partial charge is 0.412 e. The molecule has 0 saturated carbocycles. The second-order valence-corrected chi connectivity index (χ2v) is 0. The van der Waals surface area contributed by atoms with Crippen LogP contribution in [-0.4, -0.2) is 125 Å². The monoisotopic (exact) mass is 334 g/mol. The molecule has 0 atom stereocenters. The van der Waals surface area contributed by atoms with Gasteiger partial charge < -0.3 is 21.9 Å². The maximum Gasteiger partial charge on any atom is 0 e. The summed E-state index contributed by atoms with van der Waals surface area (Å²) in [6, 6.07) is 0. The smallest absolute Gasteiger partial charge is 0 e. The Bertz CT molecular complexity index is 9.65. The van der Waals surface area contributed by atoms with E-state index in [2.05, 4.69) is 0 Å². The van der Waals surface area contributed by atoms with E-state index in [1.165, 1.54) is 0 Å². The number of rotatable bonds is 0. The Morgan fingerprint density at radius 1 is 0.429 bits per heavy atom. The van der Waals surface area contributed by atoms with Crippen molar-refractivity contribution in [1.29, 1.82) is 0 Å². The van der Waals surface area contributed by atoms with Gasteiger partial charge in [0.05, 0.1) is 0 Å². The van der Waals surface area contributed by atoms with Gasteiger partial charge in [-0.25, -0.2) is 0 Å². The van der Waals surface area contributed by atoms with Crippen molar-refractivity contribution in [3.8, 4) is 0 Å². The average molecular weight is 334 g/mol. The van der Waals surface area contributed by atoms with Gasteiger partial charge in [0, 0.05) is 124 Å². The van der Waals surface area contributed by atoms with Crippen LogP contribution >= 0.6 is 0 Å². The second-order valence-electron chi connectivity index (χ2n) is 0. The third-order valence-electron chi connectivity index (χ3n) is 0. The van der Waals surface area contributed by atoms with E-state index < -0.39 is 0 Å².